The fourth-order valence-electron chi connectivity index (χ4n) is 2.92. The van der Waals surface area contributed by atoms with Crippen LogP contribution >= 0.6 is 11.6 Å². The Morgan fingerprint density at radius 3 is 2.74 bits per heavy atom. The Bertz CT molecular complexity index is 1200. The standard InChI is InChI=1S/C24H27ClN6O3/c1-15-19(31-23(32)34-24(2,3)4)12-28-21(15)22(29-14-26)30-16-8-9-20(18(25)11-16)33-13-17-7-5-6-10-27-17/h5-12,14,28H,13H2,1-4H3,(H,31,32)(H2,26,29,30). The molecule has 0 spiro atoms. The summed E-state index contributed by atoms with van der Waals surface area (Å²) in [6.45, 7) is 7.50. The van der Waals surface area contributed by atoms with E-state index >= 15 is 0 Å². The number of carbonyl (C=O) groups excluding carboxylic acids is 1. The van der Waals surface area contributed by atoms with Gasteiger partial charge in [0.05, 0.1) is 34.1 Å². The Balaban J connectivity index is 1.79. The van der Waals surface area contributed by atoms with Gasteiger partial charge in [-0.15, -0.1) is 0 Å². The van der Waals surface area contributed by atoms with Gasteiger partial charge in [0.2, 0.25) is 0 Å². The van der Waals surface area contributed by atoms with Crippen LogP contribution in [-0.2, 0) is 11.3 Å². The molecule has 34 heavy (non-hydrogen) atoms. The maximum absolute atomic E-state index is 12.1. The van der Waals surface area contributed by atoms with Crippen molar-refractivity contribution in [3.63, 3.8) is 0 Å². The van der Waals surface area contributed by atoms with Gasteiger partial charge >= 0.3 is 6.09 Å². The third kappa shape index (κ3) is 6.82. The molecule has 0 saturated heterocycles. The first-order valence-electron chi connectivity index (χ1n) is 10.5. The molecule has 2 heterocycles. The van der Waals surface area contributed by atoms with Crippen LogP contribution in [0.25, 0.3) is 0 Å². The number of nitrogens with zero attached hydrogens (tertiary/aromatic N) is 3. The number of amides is 1. The van der Waals surface area contributed by atoms with Gasteiger partial charge < -0.3 is 20.2 Å². The average molecular weight is 483 g/mol. The van der Waals surface area contributed by atoms with Crippen molar-refractivity contribution in [2.45, 2.75) is 39.9 Å². The number of carbonyl (C=O) groups is 1. The lowest BCUT2D eigenvalue weighted by Gasteiger charge is -2.19. The van der Waals surface area contributed by atoms with Gasteiger partial charge in [0.25, 0.3) is 0 Å². The lowest BCUT2D eigenvalue weighted by atomic mass is 10.2. The van der Waals surface area contributed by atoms with Gasteiger partial charge in [0.15, 0.2) is 5.84 Å². The Kier molecular flexibility index (Phi) is 7.91. The van der Waals surface area contributed by atoms with Crippen molar-refractivity contribution in [3.05, 3.63) is 70.8 Å². The van der Waals surface area contributed by atoms with E-state index in [1.165, 1.54) is 0 Å². The minimum absolute atomic E-state index is 0.293. The highest BCUT2D eigenvalue weighted by Crippen LogP contribution is 2.30. The first-order chi connectivity index (χ1) is 16.2. The van der Waals surface area contributed by atoms with E-state index in [9.17, 15) is 4.79 Å². The number of aromatic nitrogens is 2. The van der Waals surface area contributed by atoms with Crippen LogP contribution in [0.5, 0.6) is 5.75 Å². The number of anilines is 1. The van der Waals surface area contributed by atoms with Crippen LogP contribution < -0.4 is 15.8 Å². The Hall–Kier alpha value is -3.85. The van der Waals surface area contributed by atoms with E-state index in [2.05, 4.69) is 25.3 Å². The van der Waals surface area contributed by atoms with Crippen molar-refractivity contribution >= 4 is 41.2 Å². The molecule has 0 unspecified atom stereocenters. The molecule has 0 bridgehead atoms. The summed E-state index contributed by atoms with van der Waals surface area (Å²) in [5.74, 6) is 0.825. The van der Waals surface area contributed by atoms with Gasteiger partial charge in [0, 0.05) is 18.0 Å². The van der Waals surface area contributed by atoms with Crippen LogP contribution in [0.4, 0.5) is 16.2 Å². The minimum atomic E-state index is -0.611. The summed E-state index contributed by atoms with van der Waals surface area (Å²) in [5, 5.41) is 3.11. The van der Waals surface area contributed by atoms with Crippen molar-refractivity contribution in [1.29, 1.82) is 0 Å². The van der Waals surface area contributed by atoms with Gasteiger partial charge in [-0.2, -0.15) is 0 Å². The number of aliphatic imine (C=N–C) groups is 2. The third-order valence-electron chi connectivity index (χ3n) is 4.45. The maximum Gasteiger partial charge on any atom is 0.412 e. The zero-order valence-corrected chi connectivity index (χ0v) is 20.2. The third-order valence-corrected chi connectivity index (χ3v) is 4.74. The number of aromatic amines is 1. The molecule has 2 aromatic heterocycles. The Morgan fingerprint density at radius 1 is 1.29 bits per heavy atom. The summed E-state index contributed by atoms with van der Waals surface area (Å²) < 4.78 is 11.1. The molecule has 0 aliphatic rings. The monoisotopic (exact) mass is 482 g/mol. The predicted molar refractivity (Wildman–Crippen MR) is 134 cm³/mol. The molecule has 0 fully saturated rings. The highest BCUT2D eigenvalue weighted by molar-refractivity contribution is 6.32. The highest BCUT2D eigenvalue weighted by atomic mass is 35.5. The molecule has 1 amide bonds. The average Bonchev–Trinajstić information content (AvgIpc) is 3.12. The second-order valence-corrected chi connectivity index (χ2v) is 8.67. The number of halogens is 1. The Morgan fingerprint density at radius 2 is 2.09 bits per heavy atom. The fourth-order valence-corrected chi connectivity index (χ4v) is 3.15. The number of H-pyrrole nitrogens is 1. The number of hydrogen-bond acceptors (Lipinski definition) is 5. The SMILES string of the molecule is Cc1c(NC(=O)OC(C)(C)C)c[nH]c1C(N=CN)=Nc1ccc(OCc2ccccn2)c(Cl)c1. The smallest absolute Gasteiger partial charge is 0.412 e. The number of rotatable bonds is 6. The van der Waals surface area contributed by atoms with Crippen molar-refractivity contribution < 1.29 is 14.3 Å². The van der Waals surface area contributed by atoms with Gasteiger partial charge in [-0.3, -0.25) is 10.3 Å². The van der Waals surface area contributed by atoms with Gasteiger partial charge in [-0.1, -0.05) is 17.7 Å². The molecule has 1 aromatic carbocycles. The molecule has 0 aliphatic heterocycles. The molecule has 10 heteroatoms. The zero-order chi connectivity index (χ0) is 24.7. The zero-order valence-electron chi connectivity index (χ0n) is 19.4. The number of hydrogen-bond donors (Lipinski definition) is 3. The minimum Gasteiger partial charge on any atom is -0.486 e. The Labute approximate surface area is 203 Å². The van der Waals surface area contributed by atoms with Gasteiger partial charge in [0.1, 0.15) is 18.0 Å². The summed E-state index contributed by atoms with van der Waals surface area (Å²) in [5.41, 5.74) is 8.12. The number of nitrogens with two attached hydrogens (primary N) is 1. The van der Waals surface area contributed by atoms with Crippen molar-refractivity contribution in [2.24, 2.45) is 15.7 Å². The lowest BCUT2D eigenvalue weighted by Crippen LogP contribution is -2.27. The van der Waals surface area contributed by atoms with Crippen molar-refractivity contribution in [3.8, 4) is 5.75 Å². The largest absolute Gasteiger partial charge is 0.486 e. The first kappa shape index (κ1) is 24.8. The van der Waals surface area contributed by atoms with Crippen molar-refractivity contribution in [1.82, 2.24) is 9.97 Å². The van der Waals surface area contributed by atoms with Crippen LogP contribution in [-0.4, -0.2) is 33.8 Å². The summed E-state index contributed by atoms with van der Waals surface area (Å²) in [6.07, 6.45) is 3.92. The topological polar surface area (TPSA) is 127 Å². The summed E-state index contributed by atoms with van der Waals surface area (Å²) in [4.78, 5) is 28.2. The van der Waals surface area contributed by atoms with E-state index in [-0.39, 0.29) is 0 Å². The molecule has 0 saturated carbocycles. The summed E-state index contributed by atoms with van der Waals surface area (Å²) in [6, 6.07) is 10.7. The van der Waals surface area contributed by atoms with Crippen LogP contribution in [0, 0.1) is 6.92 Å². The second-order valence-electron chi connectivity index (χ2n) is 8.27. The first-order valence-corrected chi connectivity index (χ1v) is 10.9. The molecule has 3 aromatic rings. The van der Waals surface area contributed by atoms with Gasteiger partial charge in [-0.05, 0) is 58.0 Å². The van der Waals surface area contributed by atoms with E-state index in [0.29, 0.717) is 40.3 Å². The molecule has 9 nitrogen and oxygen atoms in total. The van der Waals surface area contributed by atoms with E-state index < -0.39 is 11.7 Å². The molecule has 4 N–H and O–H groups in total. The van der Waals surface area contributed by atoms with Crippen molar-refractivity contribution in [2.75, 3.05) is 5.32 Å². The summed E-state index contributed by atoms with van der Waals surface area (Å²) in [7, 11) is 0. The predicted octanol–water partition coefficient (Wildman–Crippen LogP) is 5.36. The van der Waals surface area contributed by atoms with Gasteiger partial charge in [-0.25, -0.2) is 14.8 Å². The molecule has 0 atom stereocenters. The lowest BCUT2D eigenvalue weighted by molar-refractivity contribution is 0.0636. The quantitative estimate of drug-likeness (QED) is 0.322. The highest BCUT2D eigenvalue weighted by Gasteiger charge is 2.19. The van der Waals surface area contributed by atoms with E-state index in [1.54, 1.807) is 51.4 Å². The van der Waals surface area contributed by atoms with Crippen LogP contribution in [0.2, 0.25) is 5.02 Å². The fraction of sp³-hybridized carbons (Fsp3) is 0.250. The number of pyridine rings is 1. The van der Waals surface area contributed by atoms with Crippen LogP contribution in [0.15, 0.2) is 58.8 Å². The summed E-state index contributed by atoms with van der Waals surface area (Å²) >= 11 is 6.40. The molecular formula is C24H27ClN6O3. The normalized spacial score (nSPS) is 12.1. The second kappa shape index (κ2) is 10.8. The van der Waals surface area contributed by atoms with Crippen LogP contribution in [0.3, 0.4) is 0 Å². The molecule has 0 aliphatic carbocycles. The van der Waals surface area contributed by atoms with Crippen LogP contribution in [0.1, 0.15) is 37.7 Å². The maximum atomic E-state index is 12.1. The molecule has 3 rings (SSSR count). The number of ether oxygens (including phenoxy) is 2. The number of amidine groups is 1. The number of benzene rings is 1. The van der Waals surface area contributed by atoms with E-state index in [1.807, 2.05) is 25.1 Å². The van der Waals surface area contributed by atoms with E-state index in [0.717, 1.165) is 17.6 Å². The number of nitrogens with one attached hydrogen (secondary N) is 2. The molecule has 178 valence electrons. The van der Waals surface area contributed by atoms with E-state index in [4.69, 9.17) is 26.8 Å². The molecular weight excluding hydrogens is 456 g/mol. The molecule has 0 radical (unpaired) electrons.